The van der Waals surface area contributed by atoms with Gasteiger partial charge in [0.05, 0.1) is 24.5 Å². The zero-order chi connectivity index (χ0) is 13.2. The number of aliphatic hydroxyl groups excluding tert-OH is 1. The molecule has 1 atom stereocenters. The summed E-state index contributed by atoms with van der Waals surface area (Å²) in [4.78, 5) is 30.5. The van der Waals surface area contributed by atoms with E-state index in [1.165, 1.54) is 6.20 Å². The summed E-state index contributed by atoms with van der Waals surface area (Å²) < 4.78 is 14.9. The topological polar surface area (TPSA) is 107 Å². The summed E-state index contributed by atoms with van der Waals surface area (Å²) in [6, 6.07) is -0.438. The predicted molar refractivity (Wildman–Crippen MR) is 59.0 cm³/mol. The van der Waals surface area contributed by atoms with Gasteiger partial charge in [0, 0.05) is 18.8 Å². The molecule has 0 spiro atoms. The van der Waals surface area contributed by atoms with Gasteiger partial charge >= 0.3 is 7.82 Å². The molecule has 1 aliphatic heterocycles. The zero-order valence-electron chi connectivity index (χ0n) is 9.40. The van der Waals surface area contributed by atoms with Crippen molar-refractivity contribution in [2.24, 2.45) is 0 Å². The molecule has 96 valence electrons. The molecule has 8 heteroatoms. The van der Waals surface area contributed by atoms with Crippen LogP contribution < -0.4 is 0 Å². The first kappa shape index (κ1) is 13.9. The van der Waals surface area contributed by atoms with E-state index < -0.39 is 20.5 Å². The quantitative estimate of drug-likeness (QED) is 0.382. The number of phosphoric ester groups is 1. The molecule has 0 aromatic carbocycles. The Kier molecular flexibility index (Phi) is 4.11. The van der Waals surface area contributed by atoms with Crippen LogP contribution in [0.2, 0.25) is 0 Å². The summed E-state index contributed by atoms with van der Waals surface area (Å²) >= 11 is 0. The molecule has 0 fully saturated rings. The second-order valence-electron chi connectivity index (χ2n) is 3.67. The fourth-order valence-corrected chi connectivity index (χ4v) is 1.72. The number of ketones is 1. The number of hydrogen-bond acceptors (Lipinski definition) is 5. The Hall–Kier alpha value is -1.14. The molecular formula is C9H14NO6P. The lowest BCUT2D eigenvalue weighted by atomic mass is 9.95. The number of hydrogen-bond donors (Lipinski definition) is 3. The van der Waals surface area contributed by atoms with E-state index in [1.54, 1.807) is 18.9 Å². The van der Waals surface area contributed by atoms with Crippen molar-refractivity contribution in [3.8, 4) is 0 Å². The summed E-state index contributed by atoms with van der Waals surface area (Å²) in [5, 5.41) is 8.97. The third kappa shape index (κ3) is 3.41. The third-order valence-corrected chi connectivity index (χ3v) is 2.94. The monoisotopic (exact) mass is 263 g/mol. The number of aliphatic hydroxyl groups is 1. The molecular weight excluding hydrogens is 249 g/mol. The van der Waals surface area contributed by atoms with E-state index in [9.17, 15) is 9.36 Å². The van der Waals surface area contributed by atoms with Gasteiger partial charge in [0.15, 0.2) is 5.78 Å². The lowest BCUT2D eigenvalue weighted by Gasteiger charge is -2.29. The highest BCUT2D eigenvalue weighted by atomic mass is 31.2. The normalized spacial score (nSPS) is 24.1. The Morgan fingerprint density at radius 1 is 1.59 bits per heavy atom. The van der Waals surface area contributed by atoms with E-state index in [0.717, 1.165) is 0 Å². The summed E-state index contributed by atoms with van der Waals surface area (Å²) in [5.41, 5.74) is 0.227. The van der Waals surface area contributed by atoms with Crippen LogP contribution >= 0.6 is 7.82 Å². The molecule has 17 heavy (non-hydrogen) atoms. The zero-order valence-corrected chi connectivity index (χ0v) is 10.3. The molecule has 3 N–H and O–H groups in total. The highest BCUT2D eigenvalue weighted by Crippen LogP contribution is 2.37. The van der Waals surface area contributed by atoms with Crippen molar-refractivity contribution in [2.45, 2.75) is 13.0 Å². The maximum absolute atomic E-state index is 11.7. The molecule has 1 heterocycles. The van der Waals surface area contributed by atoms with Gasteiger partial charge in [0.25, 0.3) is 0 Å². The van der Waals surface area contributed by atoms with E-state index in [-0.39, 0.29) is 16.9 Å². The summed E-state index contributed by atoms with van der Waals surface area (Å²) in [5.74, 6) is -0.332. The van der Waals surface area contributed by atoms with Crippen molar-refractivity contribution in [1.82, 2.24) is 4.90 Å². The van der Waals surface area contributed by atoms with Crippen LogP contribution in [0.5, 0.6) is 0 Å². The van der Waals surface area contributed by atoms with E-state index in [2.05, 4.69) is 4.52 Å². The lowest BCUT2D eigenvalue weighted by Crippen LogP contribution is -2.38. The number of Topliss-reactive ketones (excluding diaryl/α,β-unsaturated/α-hetero) is 1. The van der Waals surface area contributed by atoms with Crippen molar-refractivity contribution in [3.05, 3.63) is 23.6 Å². The average Bonchev–Trinajstić information content (AvgIpc) is 2.22. The highest BCUT2D eigenvalue weighted by molar-refractivity contribution is 7.46. The molecule has 7 nitrogen and oxygen atoms in total. The Balaban J connectivity index is 2.93. The molecule has 0 aromatic heterocycles. The Bertz CT molecular complexity index is 423. The van der Waals surface area contributed by atoms with Gasteiger partial charge in [-0.2, -0.15) is 0 Å². The highest BCUT2D eigenvalue weighted by Gasteiger charge is 2.29. The van der Waals surface area contributed by atoms with Gasteiger partial charge in [0.2, 0.25) is 0 Å². The van der Waals surface area contributed by atoms with Crippen molar-refractivity contribution in [1.29, 1.82) is 0 Å². The van der Waals surface area contributed by atoms with Crippen LogP contribution in [0.15, 0.2) is 23.6 Å². The van der Waals surface area contributed by atoms with Crippen LogP contribution in [-0.2, 0) is 13.9 Å². The van der Waals surface area contributed by atoms with Crippen LogP contribution in [0.4, 0.5) is 0 Å². The Morgan fingerprint density at radius 2 is 2.18 bits per heavy atom. The minimum atomic E-state index is -4.60. The molecule has 1 unspecified atom stereocenters. The standard InChI is InChI=1S/C9H14NO6P/c1-6-9(12)8(4-11)7(3-10(6)2)5-16-17(13,14)15/h3-4,6,11H,5H2,1-2H3,(H2,13,14,15). The third-order valence-electron chi connectivity index (χ3n) is 2.48. The summed E-state index contributed by atoms with van der Waals surface area (Å²) in [6.07, 6.45) is 2.13. The summed E-state index contributed by atoms with van der Waals surface area (Å²) in [6.45, 7) is 1.21. The van der Waals surface area contributed by atoms with Gasteiger partial charge in [-0.3, -0.25) is 9.32 Å². The smallest absolute Gasteiger partial charge is 0.469 e. The number of nitrogens with zero attached hydrogens (tertiary/aromatic N) is 1. The molecule has 1 aliphatic rings. The second kappa shape index (κ2) is 5.01. The van der Waals surface area contributed by atoms with Crippen LogP contribution in [0.25, 0.3) is 0 Å². The van der Waals surface area contributed by atoms with Crippen LogP contribution in [0.1, 0.15) is 6.92 Å². The Labute approximate surface area is 98.2 Å². The minimum absolute atomic E-state index is 0.00375. The van der Waals surface area contributed by atoms with Crippen LogP contribution in [0.3, 0.4) is 0 Å². The number of rotatable bonds is 3. The van der Waals surface area contributed by atoms with Gasteiger partial charge < -0.3 is 19.8 Å². The lowest BCUT2D eigenvalue weighted by molar-refractivity contribution is -0.119. The molecule has 0 aromatic rings. The van der Waals surface area contributed by atoms with E-state index in [1.807, 2.05) is 0 Å². The minimum Gasteiger partial charge on any atom is -0.515 e. The van der Waals surface area contributed by atoms with Gasteiger partial charge in [0.1, 0.15) is 0 Å². The molecule has 0 aliphatic carbocycles. The number of phosphoric acid groups is 1. The largest absolute Gasteiger partial charge is 0.515 e. The first-order valence-electron chi connectivity index (χ1n) is 4.78. The average molecular weight is 263 g/mol. The van der Waals surface area contributed by atoms with Crippen molar-refractivity contribution in [3.63, 3.8) is 0 Å². The van der Waals surface area contributed by atoms with E-state index in [0.29, 0.717) is 6.26 Å². The molecule has 0 saturated carbocycles. The molecule has 0 amide bonds. The number of carbonyl (C=O) groups excluding carboxylic acids is 1. The SMILES string of the molecule is CC1C(=O)C(=CO)C(COP(=O)(O)O)=CN1C. The van der Waals surface area contributed by atoms with Crippen LogP contribution in [0, 0.1) is 0 Å². The molecule has 0 bridgehead atoms. The van der Waals surface area contributed by atoms with Crippen LogP contribution in [-0.4, -0.2) is 45.3 Å². The van der Waals surface area contributed by atoms with E-state index >= 15 is 0 Å². The number of carbonyl (C=O) groups is 1. The van der Waals surface area contributed by atoms with Crippen molar-refractivity contribution < 1.29 is 28.8 Å². The maximum atomic E-state index is 11.7. The molecule has 0 radical (unpaired) electrons. The summed E-state index contributed by atoms with van der Waals surface area (Å²) in [7, 11) is -2.96. The van der Waals surface area contributed by atoms with Gasteiger partial charge in [-0.15, -0.1) is 0 Å². The fourth-order valence-electron chi connectivity index (χ4n) is 1.41. The first-order chi connectivity index (χ1) is 7.76. The number of likely N-dealkylation sites (N-methyl/N-ethyl adjacent to an activating group) is 1. The first-order valence-corrected chi connectivity index (χ1v) is 6.31. The molecule has 0 saturated heterocycles. The fraction of sp³-hybridized carbons (Fsp3) is 0.444. The van der Waals surface area contributed by atoms with E-state index in [4.69, 9.17) is 14.9 Å². The maximum Gasteiger partial charge on any atom is 0.469 e. The van der Waals surface area contributed by atoms with Gasteiger partial charge in [-0.25, -0.2) is 4.57 Å². The van der Waals surface area contributed by atoms with Gasteiger partial charge in [-0.1, -0.05) is 0 Å². The molecule has 1 rings (SSSR count). The van der Waals surface area contributed by atoms with Crippen molar-refractivity contribution in [2.75, 3.05) is 13.7 Å². The second-order valence-corrected chi connectivity index (χ2v) is 4.91. The predicted octanol–water partition coefficient (Wildman–Crippen LogP) is 0.324. The van der Waals surface area contributed by atoms with Crippen molar-refractivity contribution >= 4 is 13.6 Å². The van der Waals surface area contributed by atoms with Gasteiger partial charge in [-0.05, 0) is 6.92 Å². The Morgan fingerprint density at radius 3 is 2.65 bits per heavy atom.